The number of hydrogen-bond donors (Lipinski definition) is 0. The third-order valence-corrected chi connectivity index (χ3v) is 7.47. The van der Waals surface area contributed by atoms with Gasteiger partial charge in [0.2, 0.25) is 10.0 Å². The normalized spacial score (nSPS) is 16.1. The molecule has 29 heavy (non-hydrogen) atoms. The predicted molar refractivity (Wildman–Crippen MR) is 107 cm³/mol. The van der Waals surface area contributed by atoms with E-state index in [2.05, 4.69) is 0 Å². The van der Waals surface area contributed by atoms with E-state index < -0.39 is 10.0 Å². The van der Waals surface area contributed by atoms with E-state index in [1.54, 1.807) is 24.3 Å². The number of ketones is 2. The highest BCUT2D eigenvalue weighted by atomic mass is 32.2. The zero-order valence-electron chi connectivity index (χ0n) is 15.5. The predicted octanol–water partition coefficient (Wildman–Crippen LogP) is 3.21. The molecule has 0 bridgehead atoms. The molecule has 6 heteroatoms. The summed E-state index contributed by atoms with van der Waals surface area (Å²) in [7, 11) is -3.79. The average Bonchev–Trinajstić information content (AvgIpc) is 2.76. The summed E-state index contributed by atoms with van der Waals surface area (Å²) >= 11 is 0. The number of sulfonamides is 1. The van der Waals surface area contributed by atoms with Gasteiger partial charge in [-0.15, -0.1) is 0 Å². The van der Waals surface area contributed by atoms with Crippen molar-refractivity contribution in [2.45, 2.75) is 17.9 Å². The molecule has 0 spiro atoms. The molecule has 0 saturated carbocycles. The quantitative estimate of drug-likeness (QED) is 0.515. The fourth-order valence-corrected chi connectivity index (χ4v) is 5.51. The highest BCUT2D eigenvalue weighted by molar-refractivity contribution is 7.89. The minimum atomic E-state index is -3.79. The molecule has 0 radical (unpaired) electrons. The second-order valence-electron chi connectivity index (χ2n) is 7.27. The second-order valence-corrected chi connectivity index (χ2v) is 9.21. The molecular formula is C23H17NO4S. The summed E-state index contributed by atoms with van der Waals surface area (Å²) in [6.07, 6.45) is 0.644. The summed E-state index contributed by atoms with van der Waals surface area (Å²) in [5.74, 6) is -0.581. The van der Waals surface area contributed by atoms with Crippen molar-refractivity contribution < 1.29 is 18.0 Å². The second kappa shape index (κ2) is 6.47. The molecule has 2 aliphatic rings. The summed E-state index contributed by atoms with van der Waals surface area (Å²) in [5.41, 5.74) is 3.20. The average molecular weight is 403 g/mol. The van der Waals surface area contributed by atoms with Crippen LogP contribution >= 0.6 is 0 Å². The van der Waals surface area contributed by atoms with E-state index in [1.165, 1.54) is 22.5 Å². The topological polar surface area (TPSA) is 71.5 Å². The summed E-state index contributed by atoms with van der Waals surface area (Å²) < 4.78 is 27.9. The first kappa shape index (κ1) is 18.0. The molecule has 144 valence electrons. The molecule has 1 aliphatic heterocycles. The van der Waals surface area contributed by atoms with Crippen molar-refractivity contribution in [3.05, 3.63) is 100 Å². The van der Waals surface area contributed by atoms with Crippen molar-refractivity contribution >= 4 is 21.6 Å². The van der Waals surface area contributed by atoms with Crippen molar-refractivity contribution in [1.29, 1.82) is 0 Å². The Morgan fingerprint density at radius 2 is 1.28 bits per heavy atom. The first-order valence-corrected chi connectivity index (χ1v) is 10.8. The van der Waals surface area contributed by atoms with Gasteiger partial charge in [0, 0.05) is 35.3 Å². The van der Waals surface area contributed by atoms with E-state index in [-0.39, 0.29) is 27.6 Å². The molecule has 0 saturated heterocycles. The molecule has 1 aliphatic carbocycles. The zero-order valence-corrected chi connectivity index (χ0v) is 16.3. The van der Waals surface area contributed by atoms with Crippen LogP contribution in [-0.2, 0) is 23.0 Å². The van der Waals surface area contributed by atoms with Crippen LogP contribution in [0.2, 0.25) is 0 Å². The molecule has 5 nitrogen and oxygen atoms in total. The molecular weight excluding hydrogens is 386 g/mol. The molecule has 0 unspecified atom stereocenters. The number of benzene rings is 3. The van der Waals surface area contributed by atoms with E-state index in [9.17, 15) is 18.0 Å². The Hall–Kier alpha value is -3.09. The lowest BCUT2D eigenvalue weighted by Gasteiger charge is -2.28. The fraction of sp³-hybridized carbons (Fsp3) is 0.130. The SMILES string of the molecule is O=C1c2ccccc2C(=O)c2cc(S(=O)(=O)N3CCc4ccccc4C3)ccc21. The maximum Gasteiger partial charge on any atom is 0.243 e. The van der Waals surface area contributed by atoms with Crippen LogP contribution in [-0.4, -0.2) is 30.8 Å². The number of fused-ring (bicyclic) bond motifs is 3. The molecule has 3 aromatic carbocycles. The smallest absolute Gasteiger partial charge is 0.243 e. The van der Waals surface area contributed by atoms with E-state index in [4.69, 9.17) is 0 Å². The molecule has 0 N–H and O–H groups in total. The third-order valence-electron chi connectivity index (χ3n) is 5.63. The van der Waals surface area contributed by atoms with E-state index >= 15 is 0 Å². The van der Waals surface area contributed by atoms with E-state index in [1.807, 2.05) is 24.3 Å². The Morgan fingerprint density at radius 1 is 0.690 bits per heavy atom. The zero-order chi connectivity index (χ0) is 20.2. The molecule has 0 amide bonds. The van der Waals surface area contributed by atoms with Gasteiger partial charge >= 0.3 is 0 Å². The Kier molecular flexibility index (Phi) is 4.01. The highest BCUT2D eigenvalue weighted by Gasteiger charge is 2.33. The number of nitrogens with zero attached hydrogens (tertiary/aromatic N) is 1. The van der Waals surface area contributed by atoms with Gasteiger partial charge in [0.1, 0.15) is 0 Å². The van der Waals surface area contributed by atoms with Gasteiger partial charge in [0.15, 0.2) is 11.6 Å². The maximum absolute atomic E-state index is 13.2. The lowest BCUT2D eigenvalue weighted by atomic mass is 9.84. The van der Waals surface area contributed by atoms with Crippen molar-refractivity contribution in [3.8, 4) is 0 Å². The number of carbonyl (C=O) groups is 2. The number of hydrogen-bond acceptors (Lipinski definition) is 4. The standard InChI is InChI=1S/C23H17NO4S/c25-22-18-7-3-4-8-19(18)23(26)21-13-17(9-10-20(21)22)29(27,28)24-12-11-15-5-1-2-6-16(15)14-24/h1-10,13H,11-12,14H2. The lowest BCUT2D eigenvalue weighted by Crippen LogP contribution is -2.36. The molecule has 0 atom stereocenters. The van der Waals surface area contributed by atoms with Gasteiger partial charge in [0.25, 0.3) is 0 Å². The first-order valence-electron chi connectivity index (χ1n) is 9.36. The van der Waals surface area contributed by atoms with Crippen molar-refractivity contribution in [1.82, 2.24) is 4.31 Å². The molecule has 0 aromatic heterocycles. The van der Waals surface area contributed by atoms with E-state index in [0.717, 1.165) is 11.1 Å². The van der Waals surface area contributed by atoms with Crippen LogP contribution in [0, 0.1) is 0 Å². The molecule has 1 heterocycles. The van der Waals surface area contributed by atoms with E-state index in [0.29, 0.717) is 30.6 Å². The van der Waals surface area contributed by atoms with Gasteiger partial charge in [0.05, 0.1) is 4.90 Å². The van der Waals surface area contributed by atoms with Gasteiger partial charge in [-0.1, -0.05) is 48.5 Å². The molecule has 3 aromatic rings. The summed E-state index contributed by atoms with van der Waals surface area (Å²) in [6.45, 7) is 0.678. The van der Waals surface area contributed by atoms with Crippen LogP contribution in [0.5, 0.6) is 0 Å². The summed E-state index contributed by atoms with van der Waals surface area (Å²) in [6, 6.07) is 18.6. The van der Waals surface area contributed by atoms with Gasteiger partial charge < -0.3 is 0 Å². The fourth-order valence-electron chi connectivity index (χ4n) is 4.06. The third kappa shape index (κ3) is 2.75. The summed E-state index contributed by atoms with van der Waals surface area (Å²) in [4.78, 5) is 25.7. The van der Waals surface area contributed by atoms with Gasteiger partial charge in [-0.25, -0.2) is 8.42 Å². The van der Waals surface area contributed by atoms with Crippen LogP contribution in [0.25, 0.3) is 0 Å². The van der Waals surface area contributed by atoms with Crippen LogP contribution in [0.15, 0.2) is 71.6 Å². The van der Waals surface area contributed by atoms with Crippen LogP contribution < -0.4 is 0 Å². The van der Waals surface area contributed by atoms with Crippen LogP contribution in [0.4, 0.5) is 0 Å². The highest BCUT2D eigenvalue weighted by Crippen LogP contribution is 2.31. The summed E-state index contributed by atoms with van der Waals surface area (Å²) in [5, 5.41) is 0. The Morgan fingerprint density at radius 3 is 2.00 bits per heavy atom. The van der Waals surface area contributed by atoms with Crippen molar-refractivity contribution in [2.75, 3.05) is 6.54 Å². The largest absolute Gasteiger partial charge is 0.289 e. The minimum absolute atomic E-state index is 0.0381. The van der Waals surface area contributed by atoms with Crippen LogP contribution in [0.3, 0.4) is 0 Å². The van der Waals surface area contributed by atoms with Crippen LogP contribution in [0.1, 0.15) is 43.0 Å². The molecule has 5 rings (SSSR count). The maximum atomic E-state index is 13.2. The Bertz CT molecular complexity index is 1290. The van der Waals surface area contributed by atoms with Gasteiger partial charge in [-0.3, -0.25) is 9.59 Å². The molecule has 0 fully saturated rings. The Balaban J connectivity index is 1.55. The van der Waals surface area contributed by atoms with Gasteiger partial charge in [-0.2, -0.15) is 4.31 Å². The monoisotopic (exact) mass is 403 g/mol. The lowest BCUT2D eigenvalue weighted by molar-refractivity contribution is 0.0979. The minimum Gasteiger partial charge on any atom is -0.289 e. The van der Waals surface area contributed by atoms with Gasteiger partial charge in [-0.05, 0) is 35.7 Å². The van der Waals surface area contributed by atoms with Crippen molar-refractivity contribution in [3.63, 3.8) is 0 Å². The van der Waals surface area contributed by atoms with Crippen molar-refractivity contribution in [2.24, 2.45) is 0 Å². The number of rotatable bonds is 2. The number of carbonyl (C=O) groups excluding carboxylic acids is 2. The first-order chi connectivity index (χ1) is 14.0. The Labute approximate surface area is 168 Å².